The fourth-order valence-corrected chi connectivity index (χ4v) is 1.83. The molecule has 4 heteroatoms. The van der Waals surface area contributed by atoms with E-state index in [0.29, 0.717) is 6.61 Å². The molecule has 2 heterocycles. The lowest BCUT2D eigenvalue weighted by atomic mass is 9.76. The Morgan fingerprint density at radius 2 is 2.20 bits per heavy atom. The summed E-state index contributed by atoms with van der Waals surface area (Å²) in [6.07, 6.45) is 3.55. The van der Waals surface area contributed by atoms with Gasteiger partial charge in [-0.15, -0.1) is 0 Å². The maximum atomic E-state index is 9.55. The summed E-state index contributed by atoms with van der Waals surface area (Å²) < 4.78 is 10.3. The highest BCUT2D eigenvalue weighted by Crippen LogP contribution is 2.25. The summed E-state index contributed by atoms with van der Waals surface area (Å²) in [4.78, 5) is 0. The molecule has 0 spiro atoms. The zero-order valence-corrected chi connectivity index (χ0v) is 8.01. The molecule has 1 aliphatic heterocycles. The van der Waals surface area contributed by atoms with E-state index in [4.69, 9.17) is 9.07 Å². The first-order chi connectivity index (χ1) is 7.34. The molecule has 3 nitrogen and oxygen atoms in total. The number of fused-ring (bicyclic) bond motifs is 1. The van der Waals surface area contributed by atoms with Crippen molar-refractivity contribution >= 4 is 23.6 Å². The van der Waals surface area contributed by atoms with Gasteiger partial charge in [-0.3, -0.25) is 0 Å². The van der Waals surface area contributed by atoms with Gasteiger partial charge in [-0.05, 0) is 29.2 Å². The smallest absolute Gasteiger partial charge is 0.464 e. The van der Waals surface area contributed by atoms with E-state index in [1.165, 1.54) is 0 Å². The van der Waals surface area contributed by atoms with Gasteiger partial charge in [-0.2, -0.15) is 0 Å². The molecular weight excluding hydrogens is 191 g/mol. The second-order valence-corrected chi connectivity index (χ2v) is 3.52. The van der Waals surface area contributed by atoms with Crippen LogP contribution in [-0.2, 0) is 4.65 Å². The largest absolute Gasteiger partial charge is 0.491 e. The lowest BCUT2D eigenvalue weighted by molar-refractivity contribution is 0.316. The molecule has 74 valence electrons. The van der Waals surface area contributed by atoms with Crippen molar-refractivity contribution in [2.75, 3.05) is 6.61 Å². The predicted molar refractivity (Wildman–Crippen MR) is 58.1 cm³/mol. The molecule has 1 aliphatic rings. The van der Waals surface area contributed by atoms with E-state index in [0.717, 1.165) is 22.0 Å². The van der Waals surface area contributed by atoms with Crippen molar-refractivity contribution in [2.45, 2.75) is 0 Å². The van der Waals surface area contributed by atoms with Crippen molar-refractivity contribution in [1.82, 2.24) is 0 Å². The number of furan rings is 1. The predicted octanol–water partition coefficient (Wildman–Crippen LogP) is 1.87. The van der Waals surface area contributed by atoms with Crippen molar-refractivity contribution < 1.29 is 14.1 Å². The lowest BCUT2D eigenvalue weighted by Crippen LogP contribution is -2.14. The van der Waals surface area contributed by atoms with Crippen LogP contribution in [0.1, 0.15) is 5.56 Å². The van der Waals surface area contributed by atoms with E-state index in [2.05, 4.69) is 0 Å². The van der Waals surface area contributed by atoms with Gasteiger partial charge in [0.1, 0.15) is 5.58 Å². The first-order valence-corrected chi connectivity index (χ1v) is 4.82. The molecule has 0 amide bonds. The van der Waals surface area contributed by atoms with Crippen molar-refractivity contribution in [3.63, 3.8) is 0 Å². The molecule has 0 atom stereocenters. The molecule has 0 saturated heterocycles. The summed E-state index contributed by atoms with van der Waals surface area (Å²) in [5.41, 5.74) is 2.67. The van der Waals surface area contributed by atoms with Crippen molar-refractivity contribution in [2.24, 2.45) is 0 Å². The molecule has 1 aromatic carbocycles. The van der Waals surface area contributed by atoms with E-state index in [1.54, 1.807) is 6.26 Å². The third-order valence-electron chi connectivity index (χ3n) is 2.61. The maximum Gasteiger partial charge on any atom is 0.491 e. The summed E-state index contributed by atoms with van der Waals surface area (Å²) in [6, 6.07) is 7.72. The van der Waals surface area contributed by atoms with E-state index < -0.39 is 7.12 Å². The highest BCUT2D eigenvalue weighted by molar-refractivity contribution is 6.68. The Kier molecular flexibility index (Phi) is 1.90. The first kappa shape index (κ1) is 8.77. The average Bonchev–Trinajstić information content (AvgIpc) is 2.84. The summed E-state index contributed by atoms with van der Waals surface area (Å²) in [5, 5.41) is 10.6. The molecule has 0 saturated carbocycles. The molecule has 2 aromatic rings. The monoisotopic (exact) mass is 200 g/mol. The van der Waals surface area contributed by atoms with Crippen LogP contribution in [0.5, 0.6) is 0 Å². The van der Waals surface area contributed by atoms with Crippen LogP contribution in [0, 0.1) is 0 Å². The van der Waals surface area contributed by atoms with Gasteiger partial charge in [0, 0.05) is 5.39 Å². The van der Waals surface area contributed by atoms with Crippen LogP contribution < -0.4 is 0 Å². The third kappa shape index (κ3) is 1.38. The van der Waals surface area contributed by atoms with E-state index in [-0.39, 0.29) is 0 Å². The fourth-order valence-electron chi connectivity index (χ4n) is 1.83. The Bertz CT molecular complexity index is 529. The average molecular weight is 200 g/mol. The first-order valence-electron chi connectivity index (χ1n) is 4.82. The van der Waals surface area contributed by atoms with Gasteiger partial charge in [0.05, 0.1) is 12.9 Å². The van der Waals surface area contributed by atoms with Crippen LogP contribution in [-0.4, -0.2) is 18.7 Å². The Labute approximate surface area is 87.1 Å². The molecule has 15 heavy (non-hydrogen) atoms. The number of hydrogen-bond donors (Lipinski definition) is 1. The molecule has 0 unspecified atom stereocenters. The Hall–Kier alpha value is -1.52. The van der Waals surface area contributed by atoms with E-state index in [1.807, 2.05) is 30.3 Å². The van der Waals surface area contributed by atoms with Gasteiger partial charge < -0.3 is 14.1 Å². The summed E-state index contributed by atoms with van der Waals surface area (Å²) in [7, 11) is -0.797. The summed E-state index contributed by atoms with van der Waals surface area (Å²) in [6.45, 7) is 0.472. The topological polar surface area (TPSA) is 42.6 Å². The molecule has 0 bridgehead atoms. The highest BCUT2D eigenvalue weighted by atomic mass is 16.5. The van der Waals surface area contributed by atoms with E-state index >= 15 is 0 Å². The van der Waals surface area contributed by atoms with Gasteiger partial charge >= 0.3 is 7.12 Å². The van der Waals surface area contributed by atoms with Gasteiger partial charge in [-0.25, -0.2) is 0 Å². The fraction of sp³-hybridized carbons (Fsp3) is 0.0909. The second-order valence-electron chi connectivity index (χ2n) is 3.52. The molecule has 3 rings (SSSR count). The quantitative estimate of drug-likeness (QED) is 0.714. The Balaban J connectivity index is 2.11. The Morgan fingerprint density at radius 3 is 3.00 bits per heavy atom. The van der Waals surface area contributed by atoms with Crippen LogP contribution in [0.25, 0.3) is 16.4 Å². The minimum Gasteiger partial charge on any atom is -0.464 e. The molecule has 0 aliphatic carbocycles. The van der Waals surface area contributed by atoms with Crippen LogP contribution >= 0.6 is 0 Å². The molecule has 0 fully saturated rings. The van der Waals surface area contributed by atoms with Crippen LogP contribution in [0.3, 0.4) is 0 Å². The minimum absolute atomic E-state index is 0.472. The number of rotatable bonds is 1. The van der Waals surface area contributed by atoms with E-state index in [9.17, 15) is 5.02 Å². The Morgan fingerprint density at radius 1 is 1.27 bits per heavy atom. The lowest BCUT2D eigenvalue weighted by Gasteiger charge is -2.03. The number of benzene rings is 1. The van der Waals surface area contributed by atoms with Gasteiger partial charge in [-0.1, -0.05) is 12.1 Å². The van der Waals surface area contributed by atoms with Crippen molar-refractivity contribution in [1.29, 1.82) is 0 Å². The standard InChI is InChI=1S/C11H9BO3/c13-12-10(4-6-15-12)8-1-2-11-9(7-8)3-5-14-11/h1-5,7,13H,6H2. The van der Waals surface area contributed by atoms with Crippen LogP contribution in [0.2, 0.25) is 0 Å². The van der Waals surface area contributed by atoms with Crippen molar-refractivity contribution in [3.8, 4) is 0 Å². The summed E-state index contributed by atoms with van der Waals surface area (Å²) >= 11 is 0. The van der Waals surface area contributed by atoms with Gasteiger partial charge in [0.15, 0.2) is 0 Å². The minimum atomic E-state index is -0.797. The zero-order chi connectivity index (χ0) is 10.3. The second kappa shape index (κ2) is 3.26. The summed E-state index contributed by atoms with van der Waals surface area (Å²) in [5.74, 6) is 0. The van der Waals surface area contributed by atoms with Gasteiger partial charge in [0.2, 0.25) is 0 Å². The molecular formula is C11H9BO3. The highest BCUT2D eigenvalue weighted by Gasteiger charge is 2.25. The van der Waals surface area contributed by atoms with Crippen LogP contribution in [0.15, 0.2) is 41.0 Å². The molecule has 1 aromatic heterocycles. The molecule has 0 radical (unpaired) electrons. The van der Waals surface area contributed by atoms with Gasteiger partial charge in [0.25, 0.3) is 0 Å². The van der Waals surface area contributed by atoms with Crippen molar-refractivity contribution in [3.05, 3.63) is 42.2 Å². The SMILES string of the molecule is OB1OCC=C1c1ccc2occc2c1. The maximum absolute atomic E-state index is 9.55. The zero-order valence-electron chi connectivity index (χ0n) is 8.01. The molecule has 1 N–H and O–H groups in total. The third-order valence-corrected chi connectivity index (χ3v) is 2.61. The van der Waals surface area contributed by atoms with Crippen LogP contribution in [0.4, 0.5) is 0 Å². The number of hydrogen-bond acceptors (Lipinski definition) is 3. The normalized spacial score (nSPS) is 16.1.